The van der Waals surface area contributed by atoms with Gasteiger partial charge in [0.1, 0.15) is 5.75 Å². The number of aromatic nitrogens is 1. The lowest BCUT2D eigenvalue weighted by Crippen LogP contribution is -2.14. The number of benzene rings is 1. The van der Waals surface area contributed by atoms with Gasteiger partial charge in [-0.15, -0.1) is 0 Å². The Labute approximate surface area is 127 Å². The molecule has 1 aliphatic heterocycles. The molecule has 5 heteroatoms. The highest BCUT2D eigenvalue weighted by molar-refractivity contribution is 6.30. The lowest BCUT2D eigenvalue weighted by molar-refractivity contribution is 0.473. The van der Waals surface area contributed by atoms with Crippen molar-refractivity contribution in [3.8, 4) is 5.75 Å². The van der Waals surface area contributed by atoms with E-state index in [1.807, 2.05) is 18.2 Å². The number of rotatable bonds is 2. The molecule has 1 aliphatic rings. The molecule has 4 nitrogen and oxygen atoms in total. The Bertz CT molecular complexity index is 711. The molecule has 2 heterocycles. The molecule has 21 heavy (non-hydrogen) atoms. The fourth-order valence-corrected chi connectivity index (χ4v) is 2.36. The maximum Gasteiger partial charge on any atom is 0.124 e. The van der Waals surface area contributed by atoms with Crippen LogP contribution in [0.25, 0.3) is 5.70 Å². The maximum absolute atomic E-state index is 10.0. The van der Waals surface area contributed by atoms with Crippen molar-refractivity contribution in [2.24, 2.45) is 4.99 Å². The van der Waals surface area contributed by atoms with Crippen LogP contribution in [0.1, 0.15) is 11.1 Å². The van der Waals surface area contributed by atoms with E-state index in [0.717, 1.165) is 17.0 Å². The van der Waals surface area contributed by atoms with Gasteiger partial charge in [-0.1, -0.05) is 11.6 Å². The predicted molar refractivity (Wildman–Crippen MR) is 84.7 cm³/mol. The van der Waals surface area contributed by atoms with Gasteiger partial charge in [-0.25, -0.2) is 0 Å². The van der Waals surface area contributed by atoms with Crippen LogP contribution in [-0.4, -0.2) is 28.9 Å². The number of halogens is 1. The highest BCUT2D eigenvalue weighted by Gasteiger charge is 2.12. The second kappa shape index (κ2) is 5.97. The summed E-state index contributed by atoms with van der Waals surface area (Å²) in [5.74, 6) is 0.186. The Morgan fingerprint density at radius 2 is 2.14 bits per heavy atom. The smallest absolute Gasteiger partial charge is 0.124 e. The molecule has 0 saturated heterocycles. The van der Waals surface area contributed by atoms with Gasteiger partial charge in [0.05, 0.1) is 12.3 Å². The number of pyridine rings is 1. The topological polar surface area (TPSA) is 57.5 Å². The van der Waals surface area contributed by atoms with Gasteiger partial charge >= 0.3 is 0 Å². The molecule has 1 aromatic carbocycles. The zero-order valence-corrected chi connectivity index (χ0v) is 12.0. The van der Waals surface area contributed by atoms with Gasteiger partial charge in [0.2, 0.25) is 0 Å². The van der Waals surface area contributed by atoms with E-state index in [0.29, 0.717) is 23.7 Å². The first-order chi connectivity index (χ1) is 10.2. The largest absolute Gasteiger partial charge is 0.507 e. The molecule has 0 atom stereocenters. The second-order valence-corrected chi connectivity index (χ2v) is 5.09. The summed E-state index contributed by atoms with van der Waals surface area (Å²) in [6, 6.07) is 8.82. The Kier molecular flexibility index (Phi) is 3.88. The van der Waals surface area contributed by atoms with Crippen molar-refractivity contribution < 1.29 is 5.11 Å². The first-order valence-electron chi connectivity index (χ1n) is 6.63. The highest BCUT2D eigenvalue weighted by atomic mass is 35.5. The molecule has 0 spiro atoms. The number of phenolic OH excluding ortho intramolecular Hbond substituents is 1. The molecule has 0 aliphatic carbocycles. The van der Waals surface area contributed by atoms with Crippen LogP contribution >= 0.6 is 11.6 Å². The molecule has 3 rings (SSSR count). The molecule has 1 aromatic heterocycles. The van der Waals surface area contributed by atoms with Crippen LogP contribution < -0.4 is 5.32 Å². The first-order valence-corrected chi connectivity index (χ1v) is 7.01. The third-order valence-electron chi connectivity index (χ3n) is 3.20. The molecule has 0 bridgehead atoms. The van der Waals surface area contributed by atoms with E-state index in [4.69, 9.17) is 11.6 Å². The molecular weight excluding hydrogens is 286 g/mol. The zero-order chi connectivity index (χ0) is 14.7. The summed E-state index contributed by atoms with van der Waals surface area (Å²) in [5, 5.41) is 13.9. The van der Waals surface area contributed by atoms with Crippen LogP contribution in [0.4, 0.5) is 0 Å². The molecule has 0 fully saturated rings. The molecule has 0 unspecified atom stereocenters. The Hall–Kier alpha value is -2.33. The van der Waals surface area contributed by atoms with Crippen LogP contribution in [0, 0.1) is 0 Å². The minimum atomic E-state index is 0.186. The minimum Gasteiger partial charge on any atom is -0.507 e. The number of allylic oxidation sites excluding steroid dienone is 1. The van der Waals surface area contributed by atoms with Crippen molar-refractivity contribution in [3.05, 3.63) is 65.0 Å². The van der Waals surface area contributed by atoms with Crippen molar-refractivity contribution in [1.82, 2.24) is 10.3 Å². The summed E-state index contributed by atoms with van der Waals surface area (Å²) in [4.78, 5) is 8.66. The number of nitrogens with one attached hydrogen (secondary N) is 1. The molecule has 2 aromatic rings. The number of phenols is 1. The van der Waals surface area contributed by atoms with Gasteiger partial charge in [0.25, 0.3) is 0 Å². The van der Waals surface area contributed by atoms with Crippen LogP contribution in [-0.2, 0) is 0 Å². The minimum absolute atomic E-state index is 0.186. The average molecular weight is 300 g/mol. The lowest BCUT2D eigenvalue weighted by Gasteiger charge is -2.11. The Balaban J connectivity index is 2.04. The van der Waals surface area contributed by atoms with E-state index < -0.39 is 0 Å². The molecular formula is C16H14ClN3O. The zero-order valence-electron chi connectivity index (χ0n) is 11.3. The van der Waals surface area contributed by atoms with Crippen LogP contribution in [0.3, 0.4) is 0 Å². The van der Waals surface area contributed by atoms with E-state index in [1.54, 1.807) is 30.6 Å². The number of aromatic hydroxyl groups is 1. The lowest BCUT2D eigenvalue weighted by atomic mass is 10.1. The molecule has 0 radical (unpaired) electrons. The van der Waals surface area contributed by atoms with Crippen molar-refractivity contribution >= 4 is 23.0 Å². The summed E-state index contributed by atoms with van der Waals surface area (Å²) in [6.07, 6.45) is 5.41. The second-order valence-electron chi connectivity index (χ2n) is 4.65. The Morgan fingerprint density at radius 1 is 1.24 bits per heavy atom. The van der Waals surface area contributed by atoms with E-state index in [1.165, 1.54) is 0 Å². The van der Waals surface area contributed by atoms with Crippen molar-refractivity contribution in [3.63, 3.8) is 0 Å². The van der Waals surface area contributed by atoms with Crippen LogP contribution in [0.2, 0.25) is 5.02 Å². The summed E-state index contributed by atoms with van der Waals surface area (Å²) in [5.41, 5.74) is 3.25. The standard InChI is InChI=1S/C16H14ClN3O/c17-12-3-4-16(21)13(8-12)15-9-14(19-6-7-20-15)11-2-1-5-18-10-11/h1-5,8-10,20-21H,6-7H2. The molecule has 0 amide bonds. The molecule has 0 saturated carbocycles. The number of hydrogen-bond acceptors (Lipinski definition) is 4. The first kappa shape index (κ1) is 13.6. The highest BCUT2D eigenvalue weighted by Crippen LogP contribution is 2.27. The number of aliphatic imine (C=N–C) groups is 1. The molecule has 106 valence electrons. The monoisotopic (exact) mass is 299 g/mol. The van der Waals surface area contributed by atoms with Crippen LogP contribution in [0.5, 0.6) is 5.75 Å². The Morgan fingerprint density at radius 3 is 2.95 bits per heavy atom. The van der Waals surface area contributed by atoms with Crippen molar-refractivity contribution in [2.45, 2.75) is 0 Å². The maximum atomic E-state index is 10.0. The third kappa shape index (κ3) is 3.06. The van der Waals surface area contributed by atoms with Gasteiger partial charge in [0.15, 0.2) is 0 Å². The number of nitrogens with zero attached hydrogens (tertiary/aromatic N) is 2. The summed E-state index contributed by atoms with van der Waals surface area (Å²) in [6.45, 7) is 1.35. The van der Waals surface area contributed by atoms with Gasteiger partial charge in [-0.05, 0) is 36.4 Å². The predicted octanol–water partition coefficient (Wildman–Crippen LogP) is 2.87. The van der Waals surface area contributed by atoms with E-state index >= 15 is 0 Å². The normalized spacial score (nSPS) is 14.7. The fourth-order valence-electron chi connectivity index (χ4n) is 2.19. The van der Waals surface area contributed by atoms with Gasteiger partial charge in [-0.2, -0.15) is 0 Å². The van der Waals surface area contributed by atoms with Gasteiger partial charge in [-0.3, -0.25) is 9.98 Å². The summed E-state index contributed by atoms with van der Waals surface area (Å²) < 4.78 is 0. The SMILES string of the molecule is Oc1ccc(Cl)cc1C1=CC(c2cccnc2)=NCCN1. The van der Waals surface area contributed by atoms with E-state index in [9.17, 15) is 5.11 Å². The van der Waals surface area contributed by atoms with E-state index in [2.05, 4.69) is 15.3 Å². The summed E-state index contributed by atoms with van der Waals surface area (Å²) >= 11 is 6.02. The third-order valence-corrected chi connectivity index (χ3v) is 3.43. The fraction of sp³-hybridized carbons (Fsp3) is 0.125. The average Bonchev–Trinajstić information content (AvgIpc) is 2.76. The van der Waals surface area contributed by atoms with Crippen molar-refractivity contribution in [1.29, 1.82) is 0 Å². The van der Waals surface area contributed by atoms with Crippen molar-refractivity contribution in [2.75, 3.05) is 13.1 Å². The molecule has 2 N–H and O–H groups in total. The van der Waals surface area contributed by atoms with Crippen LogP contribution in [0.15, 0.2) is 53.8 Å². The van der Waals surface area contributed by atoms with E-state index in [-0.39, 0.29) is 5.75 Å². The van der Waals surface area contributed by atoms with Gasteiger partial charge in [0, 0.05) is 40.8 Å². The number of hydrogen-bond donors (Lipinski definition) is 2. The van der Waals surface area contributed by atoms with Gasteiger partial charge < -0.3 is 10.4 Å². The summed E-state index contributed by atoms with van der Waals surface area (Å²) in [7, 11) is 0. The quantitative estimate of drug-likeness (QED) is 0.896.